The highest BCUT2D eigenvalue weighted by molar-refractivity contribution is 5.34. The Kier molecular flexibility index (Phi) is 1.71. The van der Waals surface area contributed by atoms with Crippen molar-refractivity contribution in [1.82, 2.24) is 4.98 Å². The van der Waals surface area contributed by atoms with Crippen LogP contribution in [0.2, 0.25) is 0 Å². The number of anilines is 1. The third kappa shape index (κ3) is 1.72. The molecule has 1 saturated carbocycles. The molecule has 1 aliphatic carbocycles. The largest absolute Gasteiger partial charge is 0.367 e. The number of nitrogens with zero attached hydrogens (tertiary/aromatic N) is 1. The summed E-state index contributed by atoms with van der Waals surface area (Å²) in [5.41, 5.74) is -0.947. The summed E-state index contributed by atoms with van der Waals surface area (Å²) in [6.45, 7) is 0.393. The van der Waals surface area contributed by atoms with Gasteiger partial charge < -0.3 is 5.32 Å². The van der Waals surface area contributed by atoms with Gasteiger partial charge in [-0.05, 0) is 25.0 Å². The number of hydrogen-bond acceptors (Lipinski definition) is 2. The maximum absolute atomic E-state index is 13.1. The summed E-state index contributed by atoms with van der Waals surface area (Å²) < 4.78 is 13.1. The molecule has 12 heavy (non-hydrogen) atoms. The van der Waals surface area contributed by atoms with E-state index in [0.29, 0.717) is 19.4 Å². The lowest BCUT2D eigenvalue weighted by Crippen LogP contribution is -2.16. The molecule has 0 aliphatic heterocycles. The van der Waals surface area contributed by atoms with Gasteiger partial charge in [0.25, 0.3) is 0 Å². The third-order valence-electron chi connectivity index (χ3n) is 2.04. The average Bonchev–Trinajstić information content (AvgIpc) is 2.84. The summed E-state index contributed by atoms with van der Waals surface area (Å²) in [6.07, 6.45) is 3.07. The zero-order valence-corrected chi connectivity index (χ0v) is 6.76. The number of alkyl halides is 1. The molecule has 1 aromatic rings. The molecule has 0 amide bonds. The smallest absolute Gasteiger partial charge is 0.128 e. The van der Waals surface area contributed by atoms with E-state index < -0.39 is 5.67 Å². The number of halogens is 1. The molecule has 1 aromatic heterocycles. The predicted octanol–water partition coefficient (Wildman–Crippen LogP) is 2.00. The predicted molar refractivity (Wildman–Crippen MR) is 45.8 cm³/mol. The van der Waals surface area contributed by atoms with Crippen molar-refractivity contribution in [3.05, 3.63) is 24.4 Å². The summed E-state index contributed by atoms with van der Waals surface area (Å²) in [5, 5.41) is 2.96. The van der Waals surface area contributed by atoms with E-state index in [1.165, 1.54) is 0 Å². The first-order valence-corrected chi connectivity index (χ1v) is 4.12. The van der Waals surface area contributed by atoms with Crippen molar-refractivity contribution in [1.29, 1.82) is 0 Å². The minimum absolute atomic E-state index is 0.393. The third-order valence-corrected chi connectivity index (χ3v) is 2.04. The molecule has 0 saturated heterocycles. The molecule has 1 heterocycles. The lowest BCUT2D eigenvalue weighted by atomic mass is 10.3. The van der Waals surface area contributed by atoms with Crippen LogP contribution in [0, 0.1) is 0 Å². The Morgan fingerprint density at radius 1 is 1.50 bits per heavy atom. The Labute approximate surface area is 70.8 Å². The Morgan fingerprint density at radius 3 is 2.92 bits per heavy atom. The number of rotatable bonds is 3. The molecule has 2 nitrogen and oxygen atoms in total. The molecular weight excluding hydrogens is 155 g/mol. The molecule has 0 radical (unpaired) electrons. The van der Waals surface area contributed by atoms with Crippen LogP contribution in [0.3, 0.4) is 0 Å². The van der Waals surface area contributed by atoms with Crippen LogP contribution in [0.1, 0.15) is 12.8 Å². The van der Waals surface area contributed by atoms with E-state index in [4.69, 9.17) is 0 Å². The monoisotopic (exact) mass is 166 g/mol. The SMILES string of the molecule is FC1(CNc2ccccn2)CC1. The zero-order chi connectivity index (χ0) is 8.44. The minimum Gasteiger partial charge on any atom is -0.367 e. The summed E-state index contributed by atoms with van der Waals surface area (Å²) in [5.74, 6) is 0.751. The quantitative estimate of drug-likeness (QED) is 0.742. The Bertz CT molecular complexity index is 256. The van der Waals surface area contributed by atoms with Crippen LogP contribution < -0.4 is 5.32 Å². The lowest BCUT2D eigenvalue weighted by molar-refractivity contribution is 0.326. The standard InChI is InChI=1S/C9H11FN2/c10-9(4-5-9)7-12-8-3-1-2-6-11-8/h1-3,6H,4-5,7H2,(H,11,12). The lowest BCUT2D eigenvalue weighted by Gasteiger charge is -2.06. The van der Waals surface area contributed by atoms with Gasteiger partial charge in [-0.15, -0.1) is 0 Å². The van der Waals surface area contributed by atoms with Gasteiger partial charge in [0.1, 0.15) is 11.5 Å². The van der Waals surface area contributed by atoms with Crippen molar-refractivity contribution in [3.8, 4) is 0 Å². The molecule has 0 atom stereocenters. The van der Waals surface area contributed by atoms with Gasteiger partial charge in [-0.1, -0.05) is 6.07 Å². The highest BCUT2D eigenvalue weighted by Crippen LogP contribution is 2.39. The zero-order valence-electron chi connectivity index (χ0n) is 6.76. The van der Waals surface area contributed by atoms with Crippen molar-refractivity contribution in [2.45, 2.75) is 18.5 Å². The first-order valence-electron chi connectivity index (χ1n) is 4.12. The summed E-state index contributed by atoms with van der Waals surface area (Å²) in [7, 11) is 0. The number of pyridine rings is 1. The summed E-state index contributed by atoms with van der Waals surface area (Å²) in [6, 6.07) is 5.56. The van der Waals surface area contributed by atoms with Crippen molar-refractivity contribution in [2.75, 3.05) is 11.9 Å². The van der Waals surface area contributed by atoms with Crippen molar-refractivity contribution in [3.63, 3.8) is 0 Å². The molecular formula is C9H11FN2. The van der Waals surface area contributed by atoms with Crippen LogP contribution in [-0.2, 0) is 0 Å². The highest BCUT2D eigenvalue weighted by Gasteiger charge is 2.42. The van der Waals surface area contributed by atoms with E-state index in [-0.39, 0.29) is 0 Å². The van der Waals surface area contributed by atoms with Crippen molar-refractivity contribution < 1.29 is 4.39 Å². The van der Waals surface area contributed by atoms with Crippen molar-refractivity contribution in [2.24, 2.45) is 0 Å². The van der Waals surface area contributed by atoms with Crippen LogP contribution >= 0.6 is 0 Å². The van der Waals surface area contributed by atoms with Crippen LogP contribution in [0.15, 0.2) is 24.4 Å². The normalized spacial score (nSPS) is 18.8. The second kappa shape index (κ2) is 2.73. The van der Waals surface area contributed by atoms with Gasteiger partial charge >= 0.3 is 0 Å². The first-order chi connectivity index (χ1) is 5.79. The number of hydrogen-bond donors (Lipinski definition) is 1. The van der Waals surface area contributed by atoms with E-state index >= 15 is 0 Å². The number of nitrogens with one attached hydrogen (secondary N) is 1. The van der Waals surface area contributed by atoms with E-state index in [1.807, 2.05) is 18.2 Å². The first kappa shape index (κ1) is 7.53. The van der Waals surface area contributed by atoms with Gasteiger partial charge in [-0.3, -0.25) is 0 Å². The second-order valence-electron chi connectivity index (χ2n) is 3.22. The van der Waals surface area contributed by atoms with E-state index in [9.17, 15) is 4.39 Å². The van der Waals surface area contributed by atoms with Crippen LogP contribution in [0.4, 0.5) is 10.2 Å². The highest BCUT2D eigenvalue weighted by atomic mass is 19.1. The van der Waals surface area contributed by atoms with E-state index in [2.05, 4.69) is 10.3 Å². The van der Waals surface area contributed by atoms with Crippen molar-refractivity contribution >= 4 is 5.82 Å². The Hall–Kier alpha value is -1.12. The Balaban J connectivity index is 1.88. The van der Waals surface area contributed by atoms with Gasteiger partial charge in [-0.25, -0.2) is 9.37 Å². The second-order valence-corrected chi connectivity index (χ2v) is 3.22. The van der Waals surface area contributed by atoms with E-state index in [0.717, 1.165) is 5.82 Å². The van der Waals surface area contributed by atoms with Crippen LogP contribution in [-0.4, -0.2) is 17.2 Å². The number of aromatic nitrogens is 1. The van der Waals surface area contributed by atoms with Crippen LogP contribution in [0.25, 0.3) is 0 Å². The molecule has 1 aliphatic rings. The summed E-state index contributed by atoms with van der Waals surface area (Å²) in [4.78, 5) is 4.03. The van der Waals surface area contributed by atoms with Crippen LogP contribution in [0.5, 0.6) is 0 Å². The minimum atomic E-state index is -0.947. The molecule has 0 spiro atoms. The fraction of sp³-hybridized carbons (Fsp3) is 0.444. The fourth-order valence-electron chi connectivity index (χ4n) is 1.03. The maximum Gasteiger partial charge on any atom is 0.128 e. The van der Waals surface area contributed by atoms with Gasteiger partial charge in [-0.2, -0.15) is 0 Å². The van der Waals surface area contributed by atoms with E-state index in [1.54, 1.807) is 6.20 Å². The summed E-state index contributed by atoms with van der Waals surface area (Å²) >= 11 is 0. The maximum atomic E-state index is 13.1. The van der Waals surface area contributed by atoms with Gasteiger partial charge in [0.15, 0.2) is 0 Å². The Morgan fingerprint density at radius 2 is 2.33 bits per heavy atom. The molecule has 64 valence electrons. The topological polar surface area (TPSA) is 24.9 Å². The molecule has 3 heteroatoms. The van der Waals surface area contributed by atoms with Gasteiger partial charge in [0.2, 0.25) is 0 Å². The molecule has 0 unspecified atom stereocenters. The molecule has 1 N–H and O–H groups in total. The molecule has 0 bridgehead atoms. The average molecular weight is 166 g/mol. The van der Waals surface area contributed by atoms with Gasteiger partial charge in [0, 0.05) is 6.20 Å². The fourth-order valence-corrected chi connectivity index (χ4v) is 1.03. The molecule has 0 aromatic carbocycles. The van der Waals surface area contributed by atoms with Gasteiger partial charge in [0.05, 0.1) is 6.54 Å². The molecule has 1 fully saturated rings. The molecule has 2 rings (SSSR count).